The van der Waals surface area contributed by atoms with E-state index in [4.69, 9.17) is 12.2 Å². The van der Waals surface area contributed by atoms with Crippen molar-refractivity contribution in [2.75, 3.05) is 0 Å². The molecule has 0 bridgehead atoms. The van der Waals surface area contributed by atoms with Gasteiger partial charge in [-0.2, -0.15) is 5.26 Å². The molecule has 21 heavy (non-hydrogen) atoms. The monoisotopic (exact) mass is 289 g/mol. The average Bonchev–Trinajstić information content (AvgIpc) is 2.82. The van der Waals surface area contributed by atoms with E-state index < -0.39 is 0 Å². The van der Waals surface area contributed by atoms with Gasteiger partial charge in [0.25, 0.3) is 0 Å². The summed E-state index contributed by atoms with van der Waals surface area (Å²) in [5.74, 6) is 0. The Kier molecular flexibility index (Phi) is 2.41. The highest BCUT2D eigenvalue weighted by molar-refractivity contribution is 7.71. The number of aryl methyl sites for hydroxylation is 1. The van der Waals surface area contributed by atoms with E-state index >= 15 is 0 Å². The van der Waals surface area contributed by atoms with Crippen molar-refractivity contribution in [2.24, 2.45) is 7.05 Å². The molecule has 2 aromatic heterocycles. The summed E-state index contributed by atoms with van der Waals surface area (Å²) >= 11 is 5.54. The molecule has 0 aliphatic rings. The molecule has 0 atom stereocenters. The number of nitrogens with zero attached hydrogens (tertiary/aromatic N) is 3. The van der Waals surface area contributed by atoms with Gasteiger partial charge in [-0.1, -0.05) is 42.5 Å². The van der Waals surface area contributed by atoms with Gasteiger partial charge in [-0.25, -0.2) is 0 Å². The lowest BCUT2D eigenvalue weighted by Crippen LogP contribution is -1.97. The molecule has 0 aliphatic heterocycles. The number of hydrogen-bond acceptors (Lipinski definition) is 2. The predicted molar refractivity (Wildman–Crippen MR) is 86.9 cm³/mol. The number of benzene rings is 2. The van der Waals surface area contributed by atoms with Crippen LogP contribution in [0.4, 0.5) is 0 Å². The van der Waals surface area contributed by atoms with Gasteiger partial charge >= 0.3 is 0 Å². The van der Waals surface area contributed by atoms with E-state index in [1.165, 1.54) is 0 Å². The van der Waals surface area contributed by atoms with Crippen molar-refractivity contribution < 1.29 is 0 Å². The third-order valence-corrected chi connectivity index (χ3v) is 4.39. The highest BCUT2D eigenvalue weighted by Gasteiger charge is 2.15. The van der Waals surface area contributed by atoms with Crippen LogP contribution in [0.2, 0.25) is 0 Å². The van der Waals surface area contributed by atoms with Crippen molar-refractivity contribution >= 4 is 39.8 Å². The summed E-state index contributed by atoms with van der Waals surface area (Å²) < 4.78 is 4.79. The fourth-order valence-electron chi connectivity index (χ4n) is 3.04. The molecule has 0 saturated carbocycles. The van der Waals surface area contributed by atoms with Crippen molar-refractivity contribution in [3.8, 4) is 6.07 Å². The Morgan fingerprint density at radius 3 is 2.29 bits per heavy atom. The number of pyridine rings is 1. The third kappa shape index (κ3) is 1.44. The number of rotatable bonds is 0. The Balaban J connectivity index is 2.52. The molecule has 4 rings (SSSR count). The van der Waals surface area contributed by atoms with E-state index in [9.17, 15) is 5.26 Å². The summed E-state index contributed by atoms with van der Waals surface area (Å²) in [5, 5.41) is 10.5. The molecule has 4 aromatic rings. The van der Waals surface area contributed by atoms with Gasteiger partial charge in [0.1, 0.15) is 17.3 Å². The van der Waals surface area contributed by atoms with E-state index in [2.05, 4.69) is 22.6 Å². The van der Waals surface area contributed by atoms with Crippen LogP contribution >= 0.6 is 12.2 Å². The minimum Gasteiger partial charge on any atom is -0.328 e. The highest BCUT2D eigenvalue weighted by atomic mass is 32.1. The summed E-state index contributed by atoms with van der Waals surface area (Å²) in [6, 6.07) is 18.4. The summed E-state index contributed by atoms with van der Waals surface area (Å²) in [6.45, 7) is 0. The Labute approximate surface area is 126 Å². The topological polar surface area (TPSA) is 33.1 Å². The summed E-state index contributed by atoms with van der Waals surface area (Å²) in [5.41, 5.74) is 4.61. The molecular weight excluding hydrogens is 278 g/mol. The van der Waals surface area contributed by atoms with Crippen molar-refractivity contribution in [1.29, 1.82) is 5.26 Å². The fraction of sp³-hybridized carbons (Fsp3) is 0.0588. The van der Waals surface area contributed by atoms with Gasteiger partial charge in [0.15, 0.2) is 0 Å². The highest BCUT2D eigenvalue weighted by Crippen LogP contribution is 2.29. The van der Waals surface area contributed by atoms with Crippen LogP contribution in [-0.4, -0.2) is 8.97 Å². The molecule has 0 spiro atoms. The van der Waals surface area contributed by atoms with Crippen LogP contribution in [-0.2, 0) is 7.05 Å². The molecule has 0 amide bonds. The van der Waals surface area contributed by atoms with Crippen molar-refractivity contribution in [1.82, 2.24) is 8.97 Å². The Hall–Kier alpha value is -2.64. The fourth-order valence-corrected chi connectivity index (χ4v) is 3.35. The maximum Gasteiger partial charge on any atom is 0.137 e. The second kappa shape index (κ2) is 4.18. The number of para-hydroxylation sites is 3. The van der Waals surface area contributed by atoms with E-state index in [1.54, 1.807) is 0 Å². The number of nitriles is 1. The molecule has 0 N–H and O–H groups in total. The molecule has 0 aliphatic carbocycles. The van der Waals surface area contributed by atoms with Crippen molar-refractivity contribution in [2.45, 2.75) is 0 Å². The van der Waals surface area contributed by atoms with Crippen LogP contribution < -0.4 is 0 Å². The first kappa shape index (κ1) is 12.1. The molecule has 0 radical (unpaired) electrons. The Morgan fingerprint density at radius 1 is 0.952 bits per heavy atom. The van der Waals surface area contributed by atoms with E-state index in [-0.39, 0.29) is 0 Å². The van der Waals surface area contributed by atoms with Crippen LogP contribution in [0.5, 0.6) is 0 Å². The van der Waals surface area contributed by atoms with E-state index in [1.807, 2.05) is 48.0 Å². The summed E-state index contributed by atoms with van der Waals surface area (Å²) in [7, 11) is 1.97. The molecule has 0 fully saturated rings. The first-order valence-electron chi connectivity index (χ1n) is 6.65. The average molecular weight is 289 g/mol. The lowest BCUT2D eigenvalue weighted by Gasteiger charge is -2.06. The number of fused-ring (bicyclic) bond motifs is 5. The SMILES string of the molecule is Cn1c2ccccc2n2c3ccccc3c(=S)c(C#N)c12. The predicted octanol–water partition coefficient (Wildman–Crippen LogP) is 4.19. The van der Waals surface area contributed by atoms with Crippen molar-refractivity contribution in [3.63, 3.8) is 0 Å². The van der Waals surface area contributed by atoms with Crippen LogP contribution in [0, 0.1) is 15.8 Å². The molecule has 2 aromatic carbocycles. The number of hydrogen-bond donors (Lipinski definition) is 0. The van der Waals surface area contributed by atoms with Gasteiger partial charge in [0.2, 0.25) is 0 Å². The Bertz CT molecular complexity index is 1130. The summed E-state index contributed by atoms with van der Waals surface area (Å²) in [6.07, 6.45) is 0. The molecule has 100 valence electrons. The van der Waals surface area contributed by atoms with Gasteiger partial charge in [0, 0.05) is 12.4 Å². The van der Waals surface area contributed by atoms with Gasteiger partial charge < -0.3 is 4.57 Å². The summed E-state index contributed by atoms with van der Waals surface area (Å²) in [4.78, 5) is 0. The first-order chi connectivity index (χ1) is 10.2. The van der Waals surface area contributed by atoms with E-state index in [0.717, 1.165) is 27.6 Å². The zero-order valence-corrected chi connectivity index (χ0v) is 12.2. The number of imidazole rings is 1. The quantitative estimate of drug-likeness (QED) is 0.455. The molecule has 0 saturated heterocycles. The maximum absolute atomic E-state index is 9.58. The van der Waals surface area contributed by atoms with Crippen LogP contribution in [0.3, 0.4) is 0 Å². The minimum absolute atomic E-state index is 0.558. The van der Waals surface area contributed by atoms with Crippen LogP contribution in [0.1, 0.15) is 5.56 Å². The Morgan fingerprint density at radius 2 is 1.57 bits per heavy atom. The zero-order chi connectivity index (χ0) is 14.6. The van der Waals surface area contributed by atoms with Crippen LogP contribution in [0.25, 0.3) is 27.6 Å². The molecule has 2 heterocycles. The normalized spacial score (nSPS) is 11.2. The third-order valence-electron chi connectivity index (χ3n) is 3.97. The number of aromatic nitrogens is 2. The second-order valence-corrected chi connectivity index (χ2v) is 5.45. The van der Waals surface area contributed by atoms with Gasteiger partial charge in [-0.15, -0.1) is 0 Å². The molecular formula is C17H11N3S. The lowest BCUT2D eigenvalue weighted by molar-refractivity contribution is 0.988. The maximum atomic E-state index is 9.58. The largest absolute Gasteiger partial charge is 0.328 e. The lowest BCUT2D eigenvalue weighted by atomic mass is 10.1. The second-order valence-electron chi connectivity index (χ2n) is 5.04. The van der Waals surface area contributed by atoms with Gasteiger partial charge in [-0.3, -0.25) is 4.40 Å². The van der Waals surface area contributed by atoms with Crippen molar-refractivity contribution in [3.05, 3.63) is 58.6 Å². The van der Waals surface area contributed by atoms with Gasteiger partial charge in [0.05, 0.1) is 21.1 Å². The standard InChI is InChI=1S/C17H11N3S/c1-19-14-8-4-5-9-15(14)20-13-7-3-2-6-11(13)16(21)12(10-18)17(19)20/h2-9H,1H3. The minimum atomic E-state index is 0.558. The van der Waals surface area contributed by atoms with E-state index in [0.29, 0.717) is 10.1 Å². The molecule has 3 nitrogen and oxygen atoms in total. The van der Waals surface area contributed by atoms with Crippen LogP contribution in [0.15, 0.2) is 48.5 Å². The first-order valence-corrected chi connectivity index (χ1v) is 7.06. The zero-order valence-electron chi connectivity index (χ0n) is 11.4. The molecule has 0 unspecified atom stereocenters. The molecule has 4 heteroatoms. The van der Waals surface area contributed by atoms with Gasteiger partial charge in [-0.05, 0) is 18.2 Å². The smallest absolute Gasteiger partial charge is 0.137 e.